The minimum atomic E-state index is -1.11. The molecule has 0 aliphatic rings. The van der Waals surface area contributed by atoms with Crippen LogP contribution < -0.4 is 10.6 Å². The van der Waals surface area contributed by atoms with E-state index >= 15 is 0 Å². The van der Waals surface area contributed by atoms with E-state index in [9.17, 15) is 14.4 Å². The largest absolute Gasteiger partial charge is 0.480 e. The molecule has 2 rings (SSSR count). The monoisotopic (exact) mass is 368 g/mol. The smallest absolute Gasteiger partial charge is 0.325 e. The lowest BCUT2D eigenvalue weighted by atomic mass is 9.83. The molecule has 2 aromatic rings. The van der Waals surface area contributed by atoms with Crippen LogP contribution in [0.5, 0.6) is 0 Å². The molecule has 0 bridgehead atoms. The number of carboxylic acid groups (broad SMARTS) is 1. The highest BCUT2D eigenvalue weighted by atomic mass is 16.4. The Hall–Kier alpha value is -3.15. The lowest BCUT2D eigenvalue weighted by Crippen LogP contribution is -2.38. The van der Waals surface area contributed by atoms with Crippen LogP contribution in [0.15, 0.2) is 48.5 Å². The maximum atomic E-state index is 12.7. The Bertz CT molecular complexity index is 839. The summed E-state index contributed by atoms with van der Waals surface area (Å²) in [4.78, 5) is 35.5. The molecule has 0 radical (unpaired) electrons. The van der Waals surface area contributed by atoms with Crippen molar-refractivity contribution in [2.75, 3.05) is 5.32 Å². The number of amides is 2. The van der Waals surface area contributed by atoms with Gasteiger partial charge in [0.2, 0.25) is 5.91 Å². The van der Waals surface area contributed by atoms with Crippen molar-refractivity contribution < 1.29 is 19.5 Å². The van der Waals surface area contributed by atoms with Crippen LogP contribution in [-0.4, -0.2) is 28.9 Å². The van der Waals surface area contributed by atoms with Crippen molar-refractivity contribution in [3.8, 4) is 0 Å². The van der Waals surface area contributed by atoms with Crippen LogP contribution in [0.25, 0.3) is 0 Å². The molecule has 1 unspecified atom stereocenters. The van der Waals surface area contributed by atoms with Gasteiger partial charge < -0.3 is 15.7 Å². The van der Waals surface area contributed by atoms with Gasteiger partial charge in [0.05, 0.1) is 5.41 Å². The van der Waals surface area contributed by atoms with E-state index in [-0.39, 0.29) is 5.91 Å². The zero-order valence-electron chi connectivity index (χ0n) is 15.9. The van der Waals surface area contributed by atoms with Gasteiger partial charge >= 0.3 is 5.97 Å². The third-order valence-electron chi connectivity index (χ3n) is 4.46. The van der Waals surface area contributed by atoms with Gasteiger partial charge in [-0.15, -0.1) is 0 Å². The molecule has 27 heavy (non-hydrogen) atoms. The van der Waals surface area contributed by atoms with E-state index in [4.69, 9.17) is 5.11 Å². The van der Waals surface area contributed by atoms with Crippen LogP contribution in [0, 0.1) is 6.92 Å². The van der Waals surface area contributed by atoms with Gasteiger partial charge in [0, 0.05) is 11.3 Å². The summed E-state index contributed by atoms with van der Waals surface area (Å²) in [6.45, 7) is 7.08. The normalized spacial score (nSPS) is 12.1. The van der Waals surface area contributed by atoms with E-state index in [2.05, 4.69) is 10.6 Å². The van der Waals surface area contributed by atoms with Gasteiger partial charge in [-0.05, 0) is 57.5 Å². The van der Waals surface area contributed by atoms with E-state index in [0.717, 1.165) is 11.1 Å². The molecule has 2 aromatic carbocycles. The molecule has 6 nitrogen and oxygen atoms in total. The first kappa shape index (κ1) is 20.2. The molecule has 0 spiro atoms. The van der Waals surface area contributed by atoms with E-state index in [0.29, 0.717) is 11.3 Å². The first-order chi connectivity index (χ1) is 12.6. The molecule has 0 aliphatic heterocycles. The number of carbonyl (C=O) groups excluding carboxylic acids is 2. The number of hydrogen-bond acceptors (Lipinski definition) is 3. The maximum absolute atomic E-state index is 12.7. The molecule has 0 aliphatic carbocycles. The predicted molar refractivity (Wildman–Crippen MR) is 104 cm³/mol. The number of rotatable bonds is 6. The van der Waals surface area contributed by atoms with Gasteiger partial charge in [-0.1, -0.05) is 29.8 Å². The average Bonchev–Trinajstić information content (AvgIpc) is 2.62. The highest BCUT2D eigenvalue weighted by molar-refractivity contribution is 6.00. The van der Waals surface area contributed by atoms with Crippen LogP contribution >= 0.6 is 0 Å². The van der Waals surface area contributed by atoms with Gasteiger partial charge in [-0.3, -0.25) is 14.4 Å². The summed E-state index contributed by atoms with van der Waals surface area (Å²) < 4.78 is 0. The third-order valence-corrected chi connectivity index (χ3v) is 4.46. The first-order valence-electron chi connectivity index (χ1n) is 8.63. The predicted octanol–water partition coefficient (Wildman–Crippen LogP) is 3.11. The van der Waals surface area contributed by atoms with E-state index in [1.165, 1.54) is 6.92 Å². The zero-order chi connectivity index (χ0) is 20.2. The summed E-state index contributed by atoms with van der Waals surface area (Å²) in [5.41, 5.74) is 2.19. The Kier molecular flexibility index (Phi) is 6.00. The third kappa shape index (κ3) is 4.94. The fraction of sp³-hybridized carbons (Fsp3) is 0.286. The van der Waals surface area contributed by atoms with Crippen LogP contribution in [0.4, 0.5) is 5.69 Å². The van der Waals surface area contributed by atoms with Gasteiger partial charge in [0.15, 0.2) is 0 Å². The number of aryl methyl sites for hydroxylation is 1. The van der Waals surface area contributed by atoms with Crippen molar-refractivity contribution in [3.05, 3.63) is 65.2 Å². The van der Waals surface area contributed by atoms with E-state index in [1.54, 1.807) is 24.3 Å². The topological polar surface area (TPSA) is 95.5 Å². The molecule has 3 N–H and O–H groups in total. The van der Waals surface area contributed by atoms with Crippen molar-refractivity contribution in [2.45, 2.75) is 39.2 Å². The summed E-state index contributed by atoms with van der Waals surface area (Å²) >= 11 is 0. The first-order valence-corrected chi connectivity index (χ1v) is 8.63. The summed E-state index contributed by atoms with van der Waals surface area (Å²) in [5.74, 6) is -1.75. The van der Waals surface area contributed by atoms with Crippen molar-refractivity contribution in [1.82, 2.24) is 5.32 Å². The molecule has 0 fully saturated rings. The molecular weight excluding hydrogens is 344 g/mol. The highest BCUT2D eigenvalue weighted by Gasteiger charge is 2.29. The zero-order valence-corrected chi connectivity index (χ0v) is 15.9. The number of benzene rings is 2. The Morgan fingerprint density at radius 3 is 2.04 bits per heavy atom. The van der Waals surface area contributed by atoms with E-state index < -0.39 is 23.3 Å². The Morgan fingerprint density at radius 2 is 1.52 bits per heavy atom. The Labute approximate surface area is 158 Å². The van der Waals surface area contributed by atoms with Crippen LogP contribution in [0.2, 0.25) is 0 Å². The summed E-state index contributed by atoms with van der Waals surface area (Å²) in [5, 5.41) is 14.1. The molecule has 1 atom stereocenters. The van der Waals surface area contributed by atoms with Crippen molar-refractivity contribution >= 4 is 23.5 Å². The standard InChI is InChI=1S/C21H24N2O4/c1-13-5-9-16(10-6-13)21(3,4)20(27)23-17-11-7-15(8-12-17)18(24)22-14(2)19(25)26/h5-12,14H,1-4H3,(H,22,24)(H,23,27)(H,25,26). The lowest BCUT2D eigenvalue weighted by molar-refractivity contribution is -0.138. The van der Waals surface area contributed by atoms with Gasteiger partial charge in [0.25, 0.3) is 5.91 Å². The lowest BCUT2D eigenvalue weighted by Gasteiger charge is -2.24. The van der Waals surface area contributed by atoms with Gasteiger partial charge in [-0.25, -0.2) is 0 Å². The van der Waals surface area contributed by atoms with Crippen molar-refractivity contribution in [2.24, 2.45) is 0 Å². The van der Waals surface area contributed by atoms with Crippen LogP contribution in [0.1, 0.15) is 42.3 Å². The molecule has 6 heteroatoms. The highest BCUT2D eigenvalue weighted by Crippen LogP contribution is 2.25. The fourth-order valence-electron chi connectivity index (χ4n) is 2.44. The SMILES string of the molecule is Cc1ccc(C(C)(C)C(=O)Nc2ccc(C(=O)NC(C)C(=O)O)cc2)cc1. The van der Waals surface area contributed by atoms with Crippen molar-refractivity contribution in [1.29, 1.82) is 0 Å². The second-order valence-electron chi connectivity index (χ2n) is 7.06. The fourth-order valence-corrected chi connectivity index (χ4v) is 2.44. The van der Waals surface area contributed by atoms with E-state index in [1.807, 2.05) is 45.0 Å². The van der Waals surface area contributed by atoms with Crippen molar-refractivity contribution in [3.63, 3.8) is 0 Å². The summed E-state index contributed by atoms with van der Waals surface area (Å²) in [6, 6.07) is 13.1. The number of hydrogen-bond donors (Lipinski definition) is 3. The maximum Gasteiger partial charge on any atom is 0.325 e. The molecule has 0 heterocycles. The number of carboxylic acids is 1. The summed E-state index contributed by atoms with van der Waals surface area (Å²) in [6.07, 6.45) is 0. The number of anilines is 1. The average molecular weight is 368 g/mol. The number of carbonyl (C=O) groups is 3. The molecular formula is C21H24N2O4. The van der Waals surface area contributed by atoms with Gasteiger partial charge in [-0.2, -0.15) is 0 Å². The molecule has 2 amide bonds. The Balaban J connectivity index is 2.07. The Morgan fingerprint density at radius 1 is 0.963 bits per heavy atom. The minimum absolute atomic E-state index is 0.164. The quantitative estimate of drug-likeness (QED) is 0.730. The number of nitrogens with one attached hydrogen (secondary N) is 2. The second-order valence-corrected chi connectivity index (χ2v) is 7.06. The minimum Gasteiger partial charge on any atom is -0.480 e. The molecule has 0 aromatic heterocycles. The molecule has 0 saturated carbocycles. The van der Waals surface area contributed by atoms with Gasteiger partial charge in [0.1, 0.15) is 6.04 Å². The summed E-state index contributed by atoms with van der Waals surface area (Å²) in [7, 11) is 0. The van der Waals surface area contributed by atoms with Crippen LogP contribution in [-0.2, 0) is 15.0 Å². The molecule has 142 valence electrons. The molecule has 0 saturated heterocycles. The van der Waals surface area contributed by atoms with Crippen LogP contribution in [0.3, 0.4) is 0 Å². The second kappa shape index (κ2) is 8.03. The number of aliphatic carboxylic acids is 1.